The summed E-state index contributed by atoms with van der Waals surface area (Å²) in [5.74, 6) is 2.55. The van der Waals surface area contributed by atoms with Crippen LogP contribution in [0.3, 0.4) is 0 Å². The number of benzene rings is 1. The van der Waals surface area contributed by atoms with E-state index in [0.29, 0.717) is 30.7 Å². The van der Waals surface area contributed by atoms with Gasteiger partial charge in [0.05, 0.1) is 13.7 Å². The summed E-state index contributed by atoms with van der Waals surface area (Å²) in [6.45, 7) is 2.82. The lowest BCUT2D eigenvalue weighted by molar-refractivity contribution is -0.000251. The Balaban J connectivity index is 1.70. The molecule has 8 nitrogen and oxygen atoms in total. The number of ether oxygens (including phenoxy) is 3. The molecule has 8 heteroatoms. The Morgan fingerprint density at radius 2 is 2.24 bits per heavy atom. The van der Waals surface area contributed by atoms with Gasteiger partial charge in [-0.15, -0.1) is 0 Å². The zero-order valence-electron chi connectivity index (χ0n) is 14.4. The van der Waals surface area contributed by atoms with Gasteiger partial charge in [-0.1, -0.05) is 0 Å². The van der Waals surface area contributed by atoms with Crippen LogP contribution in [0.2, 0.25) is 0 Å². The molecule has 1 unspecified atom stereocenters. The molecule has 1 saturated heterocycles. The van der Waals surface area contributed by atoms with Crippen molar-refractivity contribution in [3.05, 3.63) is 30.5 Å². The van der Waals surface area contributed by atoms with E-state index in [9.17, 15) is 0 Å². The summed E-state index contributed by atoms with van der Waals surface area (Å²) < 4.78 is 16.9. The molecule has 0 saturated carbocycles. The van der Waals surface area contributed by atoms with Gasteiger partial charge in [-0.25, -0.2) is 4.98 Å². The third-order valence-corrected chi connectivity index (χ3v) is 3.76. The van der Waals surface area contributed by atoms with Crippen molar-refractivity contribution in [1.29, 1.82) is 0 Å². The summed E-state index contributed by atoms with van der Waals surface area (Å²) in [6, 6.07) is 7.40. The number of hydrogen-bond donors (Lipinski definition) is 3. The zero-order valence-corrected chi connectivity index (χ0v) is 14.4. The van der Waals surface area contributed by atoms with Crippen LogP contribution < -0.4 is 25.4 Å². The lowest BCUT2D eigenvalue weighted by Crippen LogP contribution is -2.41. The molecule has 3 N–H and O–H groups in total. The Kier molecular flexibility index (Phi) is 5.86. The molecule has 1 aromatic carbocycles. The van der Waals surface area contributed by atoms with Gasteiger partial charge in [-0.2, -0.15) is 4.98 Å². The van der Waals surface area contributed by atoms with Crippen molar-refractivity contribution in [3.63, 3.8) is 0 Å². The van der Waals surface area contributed by atoms with Crippen LogP contribution in [0.15, 0.2) is 30.5 Å². The normalized spacial score (nSPS) is 17.0. The largest absolute Gasteiger partial charge is 0.493 e. The molecular formula is C17H23N5O3. The zero-order chi connectivity index (χ0) is 17.5. The number of aromatic nitrogens is 2. The second kappa shape index (κ2) is 8.50. The van der Waals surface area contributed by atoms with Crippen LogP contribution >= 0.6 is 0 Å². The molecule has 1 fully saturated rings. The number of anilines is 3. The van der Waals surface area contributed by atoms with Crippen LogP contribution in [0.4, 0.5) is 17.5 Å². The highest BCUT2D eigenvalue weighted by Crippen LogP contribution is 2.31. The molecule has 0 spiro atoms. The number of hydrogen-bond acceptors (Lipinski definition) is 8. The molecule has 2 heterocycles. The Morgan fingerprint density at radius 3 is 3.00 bits per heavy atom. The first kappa shape index (κ1) is 17.2. The topological polar surface area (TPSA) is 89.6 Å². The Bertz CT molecular complexity index is 692. The third-order valence-electron chi connectivity index (χ3n) is 3.76. The first-order valence-corrected chi connectivity index (χ1v) is 8.19. The fraction of sp³-hybridized carbons (Fsp3) is 0.412. The van der Waals surface area contributed by atoms with E-state index in [0.717, 1.165) is 24.6 Å². The van der Waals surface area contributed by atoms with Gasteiger partial charge in [0.25, 0.3) is 0 Å². The average Bonchev–Trinajstić information content (AvgIpc) is 2.67. The van der Waals surface area contributed by atoms with Crippen molar-refractivity contribution in [2.45, 2.75) is 6.10 Å². The maximum absolute atomic E-state index is 5.91. The van der Waals surface area contributed by atoms with E-state index in [1.807, 2.05) is 25.2 Å². The lowest BCUT2D eigenvalue weighted by atomic mass is 10.2. The van der Waals surface area contributed by atoms with Gasteiger partial charge < -0.3 is 30.2 Å². The van der Waals surface area contributed by atoms with Gasteiger partial charge in [0.15, 0.2) is 11.5 Å². The summed E-state index contributed by atoms with van der Waals surface area (Å²) in [7, 11) is 3.43. The summed E-state index contributed by atoms with van der Waals surface area (Å²) in [5, 5.41) is 9.43. The van der Waals surface area contributed by atoms with Gasteiger partial charge in [0.2, 0.25) is 5.95 Å². The summed E-state index contributed by atoms with van der Waals surface area (Å²) >= 11 is 0. The van der Waals surface area contributed by atoms with Crippen molar-refractivity contribution in [2.75, 3.05) is 51.1 Å². The van der Waals surface area contributed by atoms with Crippen molar-refractivity contribution in [3.8, 4) is 11.5 Å². The van der Waals surface area contributed by atoms with E-state index in [1.54, 1.807) is 19.4 Å². The maximum Gasteiger partial charge on any atom is 0.229 e. The molecule has 25 heavy (non-hydrogen) atoms. The molecule has 0 amide bonds. The first-order valence-electron chi connectivity index (χ1n) is 8.19. The van der Waals surface area contributed by atoms with Gasteiger partial charge in [0, 0.05) is 38.1 Å². The van der Waals surface area contributed by atoms with Gasteiger partial charge in [-0.05, 0) is 18.2 Å². The van der Waals surface area contributed by atoms with E-state index in [-0.39, 0.29) is 6.10 Å². The summed E-state index contributed by atoms with van der Waals surface area (Å²) in [4.78, 5) is 8.56. The Hall–Kier alpha value is -2.58. The van der Waals surface area contributed by atoms with Crippen molar-refractivity contribution in [1.82, 2.24) is 15.3 Å². The number of nitrogens with zero attached hydrogens (tertiary/aromatic N) is 2. The molecule has 1 atom stereocenters. The van der Waals surface area contributed by atoms with Crippen LogP contribution in [-0.4, -0.2) is 56.5 Å². The van der Waals surface area contributed by atoms with Crippen LogP contribution in [0, 0.1) is 0 Å². The summed E-state index contributed by atoms with van der Waals surface area (Å²) in [6.07, 6.45) is 1.72. The quantitative estimate of drug-likeness (QED) is 0.698. The highest BCUT2D eigenvalue weighted by molar-refractivity contribution is 5.60. The lowest BCUT2D eigenvalue weighted by Gasteiger charge is -2.24. The molecule has 3 rings (SSSR count). The number of methoxy groups -OCH3 is 1. The van der Waals surface area contributed by atoms with Crippen LogP contribution in [0.1, 0.15) is 0 Å². The van der Waals surface area contributed by atoms with E-state index >= 15 is 0 Å². The smallest absolute Gasteiger partial charge is 0.229 e. The molecule has 0 radical (unpaired) electrons. The van der Waals surface area contributed by atoms with E-state index in [4.69, 9.17) is 14.2 Å². The standard InChI is InChI=1S/C17H23N5O3/c1-18-16-5-6-20-17(22-16)21-12-3-4-14(23-2)15(9-12)25-11-13-10-19-7-8-24-13/h3-6,9,13,19H,7-8,10-11H2,1-2H3,(H2,18,20,21,22). The van der Waals surface area contributed by atoms with Crippen molar-refractivity contribution < 1.29 is 14.2 Å². The van der Waals surface area contributed by atoms with Crippen molar-refractivity contribution >= 4 is 17.5 Å². The fourth-order valence-electron chi connectivity index (χ4n) is 2.46. The average molecular weight is 345 g/mol. The van der Waals surface area contributed by atoms with E-state index in [1.165, 1.54) is 0 Å². The highest BCUT2D eigenvalue weighted by Gasteiger charge is 2.15. The minimum atomic E-state index is 0.0331. The Labute approximate surface area is 146 Å². The number of nitrogens with one attached hydrogen (secondary N) is 3. The number of rotatable bonds is 7. The molecule has 0 aliphatic carbocycles. The Morgan fingerprint density at radius 1 is 1.32 bits per heavy atom. The predicted molar refractivity (Wildman–Crippen MR) is 96.0 cm³/mol. The second-order valence-corrected chi connectivity index (χ2v) is 5.51. The molecule has 2 aromatic rings. The van der Waals surface area contributed by atoms with Gasteiger partial charge >= 0.3 is 0 Å². The van der Waals surface area contributed by atoms with Crippen LogP contribution in [0.5, 0.6) is 11.5 Å². The van der Waals surface area contributed by atoms with Gasteiger partial charge in [0.1, 0.15) is 18.5 Å². The van der Waals surface area contributed by atoms with Crippen molar-refractivity contribution in [2.24, 2.45) is 0 Å². The van der Waals surface area contributed by atoms with Crippen LogP contribution in [0.25, 0.3) is 0 Å². The molecular weight excluding hydrogens is 322 g/mol. The maximum atomic E-state index is 5.91. The predicted octanol–water partition coefficient (Wildman–Crippen LogP) is 1.64. The molecule has 0 bridgehead atoms. The minimum absolute atomic E-state index is 0.0331. The molecule has 1 aliphatic rings. The van der Waals surface area contributed by atoms with E-state index < -0.39 is 0 Å². The second-order valence-electron chi connectivity index (χ2n) is 5.51. The SMILES string of the molecule is CNc1ccnc(Nc2ccc(OC)c(OCC3CNCCO3)c2)n1. The van der Waals surface area contributed by atoms with E-state index in [2.05, 4.69) is 25.9 Å². The molecule has 134 valence electrons. The fourth-order valence-corrected chi connectivity index (χ4v) is 2.46. The van der Waals surface area contributed by atoms with Gasteiger partial charge in [-0.3, -0.25) is 0 Å². The monoisotopic (exact) mass is 345 g/mol. The number of morpholine rings is 1. The first-order chi connectivity index (χ1) is 12.3. The molecule has 1 aliphatic heterocycles. The molecule has 1 aromatic heterocycles. The minimum Gasteiger partial charge on any atom is -0.493 e. The van der Waals surface area contributed by atoms with Crippen LogP contribution in [-0.2, 0) is 4.74 Å². The highest BCUT2D eigenvalue weighted by atomic mass is 16.5. The summed E-state index contributed by atoms with van der Waals surface area (Å²) in [5.41, 5.74) is 0.812. The third kappa shape index (κ3) is 4.71.